The zero-order valence-corrected chi connectivity index (χ0v) is 15.1. The minimum Gasteiger partial charge on any atom is -0.435 e. The van der Waals surface area contributed by atoms with Crippen molar-refractivity contribution in [2.24, 2.45) is 4.99 Å². The second-order valence-electron chi connectivity index (χ2n) is 5.72. The van der Waals surface area contributed by atoms with Crippen molar-refractivity contribution in [2.75, 3.05) is 19.6 Å². The van der Waals surface area contributed by atoms with Crippen LogP contribution in [-0.2, 0) is 6.42 Å². The fraction of sp³-hybridized carbons (Fsp3) is 0.368. The highest BCUT2D eigenvalue weighted by Gasteiger charge is 2.09. The van der Waals surface area contributed by atoms with Crippen LogP contribution in [-0.4, -0.2) is 42.3 Å². The van der Waals surface area contributed by atoms with Crippen LogP contribution in [0.5, 0.6) is 5.75 Å². The van der Waals surface area contributed by atoms with Crippen molar-refractivity contribution in [2.45, 2.75) is 26.1 Å². The van der Waals surface area contributed by atoms with E-state index in [1.807, 2.05) is 25.3 Å². The van der Waals surface area contributed by atoms with Gasteiger partial charge in [0.15, 0.2) is 5.96 Å². The van der Waals surface area contributed by atoms with Gasteiger partial charge in [0, 0.05) is 25.5 Å². The van der Waals surface area contributed by atoms with Crippen molar-refractivity contribution < 1.29 is 18.6 Å². The zero-order valence-electron chi connectivity index (χ0n) is 15.1. The number of ether oxygens (including phenoxy) is 1. The number of alkyl halides is 2. The van der Waals surface area contributed by atoms with E-state index < -0.39 is 12.7 Å². The summed E-state index contributed by atoms with van der Waals surface area (Å²) < 4.78 is 28.6. The van der Waals surface area contributed by atoms with Gasteiger partial charge in [-0.15, -0.1) is 0 Å². The number of pyridine rings is 1. The molecule has 0 bridgehead atoms. The van der Waals surface area contributed by atoms with Gasteiger partial charge in [0.1, 0.15) is 5.75 Å². The lowest BCUT2D eigenvalue weighted by molar-refractivity contribution is -0.0498. The highest BCUT2D eigenvalue weighted by atomic mass is 19.3. The SMILES string of the molecule is CCNC(=NCC(O)c1ccc(OC(F)F)cc1)NCCc1cccnc1. The van der Waals surface area contributed by atoms with E-state index in [1.54, 1.807) is 18.3 Å². The molecule has 2 aromatic rings. The number of nitrogens with zero attached hydrogens (tertiary/aromatic N) is 2. The number of aromatic nitrogens is 1. The molecular weight excluding hydrogens is 354 g/mol. The predicted molar refractivity (Wildman–Crippen MR) is 100.0 cm³/mol. The molecule has 0 saturated carbocycles. The number of benzene rings is 1. The van der Waals surface area contributed by atoms with E-state index >= 15 is 0 Å². The Balaban J connectivity index is 1.86. The van der Waals surface area contributed by atoms with Crippen LogP contribution in [0.3, 0.4) is 0 Å². The number of halogens is 2. The lowest BCUT2D eigenvalue weighted by Gasteiger charge is -2.14. The summed E-state index contributed by atoms with van der Waals surface area (Å²) in [5.41, 5.74) is 1.69. The summed E-state index contributed by atoms with van der Waals surface area (Å²) in [5, 5.41) is 16.6. The molecule has 1 atom stereocenters. The van der Waals surface area contributed by atoms with Crippen LogP contribution < -0.4 is 15.4 Å². The maximum Gasteiger partial charge on any atom is 0.387 e. The fourth-order valence-electron chi connectivity index (χ4n) is 2.37. The molecule has 27 heavy (non-hydrogen) atoms. The van der Waals surface area contributed by atoms with Crippen molar-refractivity contribution >= 4 is 5.96 Å². The number of hydrogen-bond acceptors (Lipinski definition) is 4. The monoisotopic (exact) mass is 378 g/mol. The van der Waals surface area contributed by atoms with Gasteiger partial charge < -0.3 is 20.5 Å². The van der Waals surface area contributed by atoms with Gasteiger partial charge in [-0.25, -0.2) is 0 Å². The van der Waals surface area contributed by atoms with E-state index in [0.29, 0.717) is 24.6 Å². The van der Waals surface area contributed by atoms with E-state index in [4.69, 9.17) is 0 Å². The van der Waals surface area contributed by atoms with Crippen molar-refractivity contribution in [3.8, 4) is 5.75 Å². The van der Waals surface area contributed by atoms with Crippen LogP contribution >= 0.6 is 0 Å². The summed E-state index contributed by atoms with van der Waals surface area (Å²) in [6, 6.07) is 9.77. The molecule has 8 heteroatoms. The molecule has 0 fully saturated rings. The summed E-state index contributed by atoms with van der Waals surface area (Å²) >= 11 is 0. The second kappa shape index (κ2) is 11.1. The molecule has 1 aromatic carbocycles. The van der Waals surface area contributed by atoms with Gasteiger partial charge in [0.2, 0.25) is 0 Å². The molecule has 1 aromatic heterocycles. The first kappa shape index (κ1) is 20.6. The van der Waals surface area contributed by atoms with Crippen molar-refractivity contribution in [1.82, 2.24) is 15.6 Å². The van der Waals surface area contributed by atoms with E-state index in [9.17, 15) is 13.9 Å². The Bertz CT molecular complexity index is 697. The summed E-state index contributed by atoms with van der Waals surface area (Å²) in [5.74, 6) is 0.646. The molecule has 2 rings (SSSR count). The summed E-state index contributed by atoms with van der Waals surface area (Å²) in [6.45, 7) is 0.584. The van der Waals surface area contributed by atoms with Gasteiger partial charge in [-0.1, -0.05) is 18.2 Å². The smallest absolute Gasteiger partial charge is 0.387 e. The molecule has 3 N–H and O–H groups in total. The van der Waals surface area contributed by atoms with Gasteiger partial charge in [-0.2, -0.15) is 8.78 Å². The average Bonchev–Trinajstić information content (AvgIpc) is 2.67. The number of rotatable bonds is 9. The van der Waals surface area contributed by atoms with Crippen molar-refractivity contribution in [3.05, 3.63) is 59.9 Å². The zero-order chi connectivity index (χ0) is 19.5. The van der Waals surface area contributed by atoms with Crippen LogP contribution in [0.25, 0.3) is 0 Å². The number of aliphatic hydroxyl groups is 1. The Labute approximate surface area is 157 Å². The third-order valence-electron chi connectivity index (χ3n) is 3.69. The first-order valence-corrected chi connectivity index (χ1v) is 8.72. The van der Waals surface area contributed by atoms with E-state index in [2.05, 4.69) is 25.3 Å². The topological polar surface area (TPSA) is 78.8 Å². The number of guanidine groups is 1. The van der Waals surface area contributed by atoms with Crippen LogP contribution in [0.15, 0.2) is 53.8 Å². The minimum atomic E-state index is -2.87. The predicted octanol–water partition coefficient (Wildman–Crippen LogP) is 2.51. The molecule has 0 spiro atoms. The first-order valence-electron chi connectivity index (χ1n) is 8.72. The Morgan fingerprint density at radius 1 is 1.22 bits per heavy atom. The lowest BCUT2D eigenvalue weighted by atomic mass is 10.1. The summed E-state index contributed by atoms with van der Waals surface area (Å²) in [7, 11) is 0. The molecule has 0 aliphatic rings. The van der Waals surface area contributed by atoms with Crippen LogP contribution in [0.4, 0.5) is 8.78 Å². The summed E-state index contributed by atoms with van der Waals surface area (Å²) in [6.07, 6.45) is 3.50. The number of aliphatic hydroxyl groups excluding tert-OH is 1. The van der Waals surface area contributed by atoms with E-state index in [1.165, 1.54) is 12.1 Å². The number of nitrogens with one attached hydrogen (secondary N) is 2. The van der Waals surface area contributed by atoms with Crippen molar-refractivity contribution in [3.63, 3.8) is 0 Å². The Hall–Kier alpha value is -2.74. The van der Waals surface area contributed by atoms with E-state index in [0.717, 1.165) is 12.0 Å². The first-order chi connectivity index (χ1) is 13.1. The van der Waals surface area contributed by atoms with E-state index in [-0.39, 0.29) is 12.3 Å². The number of aliphatic imine (C=N–C) groups is 1. The summed E-state index contributed by atoms with van der Waals surface area (Å²) in [4.78, 5) is 8.45. The largest absolute Gasteiger partial charge is 0.435 e. The van der Waals surface area contributed by atoms with Gasteiger partial charge in [0.05, 0.1) is 12.6 Å². The third-order valence-corrected chi connectivity index (χ3v) is 3.69. The molecule has 0 saturated heterocycles. The average molecular weight is 378 g/mol. The van der Waals surface area contributed by atoms with Gasteiger partial charge in [-0.05, 0) is 42.7 Å². The van der Waals surface area contributed by atoms with Crippen molar-refractivity contribution in [1.29, 1.82) is 0 Å². The fourth-order valence-corrected chi connectivity index (χ4v) is 2.37. The third kappa shape index (κ3) is 7.57. The van der Waals surface area contributed by atoms with Crippen LogP contribution in [0.2, 0.25) is 0 Å². The molecule has 1 heterocycles. The Morgan fingerprint density at radius 3 is 2.63 bits per heavy atom. The maximum absolute atomic E-state index is 12.2. The molecular formula is C19H24F2N4O2. The Morgan fingerprint density at radius 2 is 2.00 bits per heavy atom. The van der Waals surface area contributed by atoms with Gasteiger partial charge in [0.25, 0.3) is 0 Å². The maximum atomic E-state index is 12.2. The molecule has 0 aliphatic heterocycles. The van der Waals surface area contributed by atoms with Gasteiger partial charge in [-0.3, -0.25) is 9.98 Å². The molecule has 6 nitrogen and oxygen atoms in total. The van der Waals surface area contributed by atoms with Crippen LogP contribution in [0.1, 0.15) is 24.2 Å². The van der Waals surface area contributed by atoms with Crippen LogP contribution in [0, 0.1) is 0 Å². The number of hydrogen-bond donors (Lipinski definition) is 3. The highest BCUT2D eigenvalue weighted by molar-refractivity contribution is 5.79. The Kier molecular flexibility index (Phi) is 8.44. The molecule has 0 radical (unpaired) electrons. The second-order valence-corrected chi connectivity index (χ2v) is 5.72. The molecule has 0 aliphatic carbocycles. The molecule has 1 unspecified atom stereocenters. The molecule has 146 valence electrons. The standard InChI is InChI=1S/C19H24F2N4O2/c1-2-23-19(24-11-9-14-4-3-10-22-12-14)25-13-17(26)15-5-7-16(8-6-15)27-18(20)21/h3-8,10,12,17-18,26H,2,9,11,13H2,1H3,(H2,23,24,25). The highest BCUT2D eigenvalue weighted by Crippen LogP contribution is 2.19. The van der Waals surface area contributed by atoms with Gasteiger partial charge >= 0.3 is 6.61 Å². The molecule has 0 amide bonds. The normalized spacial score (nSPS) is 12.7. The lowest BCUT2D eigenvalue weighted by Crippen LogP contribution is -2.38. The minimum absolute atomic E-state index is 0.0508. The quantitative estimate of drug-likeness (QED) is 0.462.